The van der Waals surface area contributed by atoms with Crippen LogP contribution < -0.4 is 11.1 Å². The minimum Gasteiger partial charge on any atom is -0.399 e. The smallest absolute Gasteiger partial charge is 0.223 e. The number of rotatable bonds is 3. The van der Waals surface area contributed by atoms with E-state index in [0.717, 1.165) is 24.1 Å². The van der Waals surface area contributed by atoms with E-state index in [0.29, 0.717) is 6.54 Å². The molecule has 1 amide bonds. The van der Waals surface area contributed by atoms with Crippen molar-refractivity contribution in [2.24, 2.45) is 5.92 Å². The minimum absolute atomic E-state index is 0.203. The highest BCUT2D eigenvalue weighted by atomic mass is 16.1. The second-order valence-electron chi connectivity index (χ2n) is 4.44. The zero-order valence-electron chi connectivity index (χ0n) is 9.41. The summed E-state index contributed by atoms with van der Waals surface area (Å²) in [5, 5.41) is 2.98. The number of nitrogens with one attached hydrogen (secondary N) is 1. The third-order valence-corrected chi connectivity index (χ3v) is 3.17. The van der Waals surface area contributed by atoms with Crippen LogP contribution in [-0.4, -0.2) is 5.91 Å². The summed E-state index contributed by atoms with van der Waals surface area (Å²) in [6.07, 6.45) is 4.49. The molecule has 0 spiro atoms. The molecule has 1 aliphatic rings. The van der Waals surface area contributed by atoms with Crippen molar-refractivity contribution in [1.82, 2.24) is 5.32 Å². The molecule has 0 aliphatic heterocycles. The van der Waals surface area contributed by atoms with Crippen LogP contribution in [0.1, 0.15) is 31.2 Å². The van der Waals surface area contributed by atoms with Gasteiger partial charge in [-0.3, -0.25) is 4.79 Å². The molecule has 0 radical (unpaired) electrons. The van der Waals surface area contributed by atoms with E-state index in [1.54, 1.807) is 0 Å². The molecule has 0 unspecified atom stereocenters. The molecule has 0 saturated heterocycles. The van der Waals surface area contributed by atoms with Crippen molar-refractivity contribution < 1.29 is 4.79 Å². The normalized spacial score (nSPS) is 16.2. The summed E-state index contributed by atoms with van der Waals surface area (Å²) in [5.74, 6) is 0.447. The van der Waals surface area contributed by atoms with E-state index in [2.05, 4.69) is 5.32 Å². The maximum absolute atomic E-state index is 11.7. The summed E-state index contributed by atoms with van der Waals surface area (Å²) < 4.78 is 0. The number of anilines is 1. The van der Waals surface area contributed by atoms with Gasteiger partial charge in [0, 0.05) is 18.2 Å². The first kappa shape index (κ1) is 11.0. The molecule has 16 heavy (non-hydrogen) atoms. The predicted octanol–water partition coefficient (Wildman–Crippen LogP) is 2.08. The van der Waals surface area contributed by atoms with Gasteiger partial charge in [0.25, 0.3) is 0 Å². The van der Waals surface area contributed by atoms with Gasteiger partial charge in [-0.05, 0) is 30.5 Å². The molecule has 0 aromatic heterocycles. The average molecular weight is 218 g/mol. The van der Waals surface area contributed by atoms with Crippen molar-refractivity contribution >= 4 is 11.6 Å². The topological polar surface area (TPSA) is 55.1 Å². The van der Waals surface area contributed by atoms with Crippen LogP contribution in [0.5, 0.6) is 0 Å². The minimum atomic E-state index is 0.203. The standard InChI is InChI=1S/C13H18N2O/c14-12-7-5-10(6-8-12)9-15-13(16)11-3-1-2-4-11/h5-8,11H,1-4,9,14H2,(H,15,16). The van der Waals surface area contributed by atoms with E-state index in [4.69, 9.17) is 5.73 Å². The first-order valence-electron chi connectivity index (χ1n) is 5.88. The third-order valence-electron chi connectivity index (χ3n) is 3.17. The number of benzene rings is 1. The number of nitrogens with two attached hydrogens (primary N) is 1. The molecule has 0 atom stereocenters. The lowest BCUT2D eigenvalue weighted by Gasteiger charge is -2.10. The number of nitrogen functional groups attached to an aromatic ring is 1. The van der Waals surface area contributed by atoms with E-state index in [1.165, 1.54) is 12.8 Å². The molecule has 3 nitrogen and oxygen atoms in total. The van der Waals surface area contributed by atoms with Crippen LogP contribution in [-0.2, 0) is 11.3 Å². The Hall–Kier alpha value is -1.51. The molecular weight excluding hydrogens is 200 g/mol. The first-order chi connectivity index (χ1) is 7.75. The van der Waals surface area contributed by atoms with Crippen LogP contribution in [0.15, 0.2) is 24.3 Å². The lowest BCUT2D eigenvalue weighted by Crippen LogP contribution is -2.28. The Morgan fingerprint density at radius 3 is 2.50 bits per heavy atom. The highest BCUT2D eigenvalue weighted by Crippen LogP contribution is 2.24. The Labute approximate surface area is 96.0 Å². The third kappa shape index (κ3) is 2.75. The highest BCUT2D eigenvalue weighted by molar-refractivity contribution is 5.78. The summed E-state index contributed by atoms with van der Waals surface area (Å²) in [6, 6.07) is 7.61. The van der Waals surface area contributed by atoms with Crippen molar-refractivity contribution in [1.29, 1.82) is 0 Å². The fourth-order valence-electron chi connectivity index (χ4n) is 2.16. The van der Waals surface area contributed by atoms with E-state index >= 15 is 0 Å². The van der Waals surface area contributed by atoms with Gasteiger partial charge in [0.1, 0.15) is 0 Å². The largest absolute Gasteiger partial charge is 0.399 e. The van der Waals surface area contributed by atoms with Gasteiger partial charge in [0.2, 0.25) is 5.91 Å². The highest BCUT2D eigenvalue weighted by Gasteiger charge is 2.21. The van der Waals surface area contributed by atoms with Crippen molar-refractivity contribution in [2.75, 3.05) is 5.73 Å². The maximum Gasteiger partial charge on any atom is 0.223 e. The van der Waals surface area contributed by atoms with Crippen molar-refractivity contribution in [3.63, 3.8) is 0 Å². The monoisotopic (exact) mass is 218 g/mol. The Bertz CT molecular complexity index is 353. The Morgan fingerprint density at radius 2 is 1.88 bits per heavy atom. The van der Waals surface area contributed by atoms with E-state index in [9.17, 15) is 4.79 Å². The van der Waals surface area contributed by atoms with Crippen molar-refractivity contribution in [2.45, 2.75) is 32.2 Å². The summed E-state index contributed by atoms with van der Waals surface area (Å²) in [4.78, 5) is 11.7. The zero-order chi connectivity index (χ0) is 11.4. The average Bonchev–Trinajstić information content (AvgIpc) is 2.81. The van der Waals surface area contributed by atoms with E-state index in [-0.39, 0.29) is 11.8 Å². The molecule has 0 bridgehead atoms. The van der Waals surface area contributed by atoms with Crippen LogP contribution in [0.4, 0.5) is 5.69 Å². The Morgan fingerprint density at radius 1 is 1.25 bits per heavy atom. The molecule has 1 aromatic carbocycles. The second kappa shape index (κ2) is 5.01. The number of carbonyl (C=O) groups is 1. The lowest BCUT2D eigenvalue weighted by molar-refractivity contribution is -0.124. The molecule has 3 N–H and O–H groups in total. The molecule has 2 rings (SSSR count). The molecule has 1 saturated carbocycles. The van der Waals surface area contributed by atoms with E-state index < -0.39 is 0 Å². The molecule has 86 valence electrons. The maximum atomic E-state index is 11.7. The molecule has 1 aromatic rings. The quantitative estimate of drug-likeness (QED) is 0.763. The van der Waals surface area contributed by atoms with Gasteiger partial charge in [-0.2, -0.15) is 0 Å². The number of amides is 1. The van der Waals surface area contributed by atoms with Gasteiger partial charge >= 0.3 is 0 Å². The number of hydrogen-bond acceptors (Lipinski definition) is 2. The van der Waals surface area contributed by atoms with Gasteiger partial charge < -0.3 is 11.1 Å². The molecule has 0 heterocycles. The van der Waals surface area contributed by atoms with Gasteiger partial charge in [0.15, 0.2) is 0 Å². The number of hydrogen-bond donors (Lipinski definition) is 2. The van der Waals surface area contributed by atoms with Crippen LogP contribution in [0.2, 0.25) is 0 Å². The summed E-state index contributed by atoms with van der Waals surface area (Å²) in [6.45, 7) is 0.607. The summed E-state index contributed by atoms with van der Waals surface area (Å²) >= 11 is 0. The zero-order valence-corrected chi connectivity index (χ0v) is 9.41. The Balaban J connectivity index is 1.82. The fraction of sp³-hybridized carbons (Fsp3) is 0.462. The molecule has 1 aliphatic carbocycles. The van der Waals surface area contributed by atoms with Crippen LogP contribution in [0.3, 0.4) is 0 Å². The predicted molar refractivity (Wildman–Crippen MR) is 64.7 cm³/mol. The number of carbonyl (C=O) groups excluding carboxylic acids is 1. The Kier molecular flexibility index (Phi) is 3.44. The lowest BCUT2D eigenvalue weighted by atomic mass is 10.1. The van der Waals surface area contributed by atoms with Gasteiger partial charge in [0.05, 0.1) is 0 Å². The molecule has 1 fully saturated rings. The first-order valence-corrected chi connectivity index (χ1v) is 5.88. The van der Waals surface area contributed by atoms with Gasteiger partial charge in [-0.15, -0.1) is 0 Å². The van der Waals surface area contributed by atoms with Gasteiger partial charge in [-0.1, -0.05) is 25.0 Å². The van der Waals surface area contributed by atoms with Crippen molar-refractivity contribution in [3.05, 3.63) is 29.8 Å². The van der Waals surface area contributed by atoms with Crippen LogP contribution in [0, 0.1) is 5.92 Å². The van der Waals surface area contributed by atoms with Gasteiger partial charge in [-0.25, -0.2) is 0 Å². The summed E-state index contributed by atoms with van der Waals surface area (Å²) in [5.41, 5.74) is 7.45. The summed E-state index contributed by atoms with van der Waals surface area (Å²) in [7, 11) is 0. The van der Waals surface area contributed by atoms with E-state index in [1.807, 2.05) is 24.3 Å². The second-order valence-corrected chi connectivity index (χ2v) is 4.44. The molecule has 3 heteroatoms. The van der Waals surface area contributed by atoms with Crippen molar-refractivity contribution in [3.8, 4) is 0 Å². The molecular formula is C13H18N2O. The fourth-order valence-corrected chi connectivity index (χ4v) is 2.16. The SMILES string of the molecule is Nc1ccc(CNC(=O)C2CCCC2)cc1. The van der Waals surface area contributed by atoms with Crippen LogP contribution >= 0.6 is 0 Å². The van der Waals surface area contributed by atoms with Crippen LogP contribution in [0.25, 0.3) is 0 Å².